The Hall–Kier alpha value is -3.02. The third-order valence-corrected chi connectivity index (χ3v) is 4.03. The molecule has 0 aliphatic carbocycles. The van der Waals surface area contributed by atoms with E-state index in [0.717, 1.165) is 11.3 Å². The van der Waals surface area contributed by atoms with E-state index in [1.807, 2.05) is 37.3 Å². The number of rotatable bonds is 5. The Balaban J connectivity index is 1.53. The first-order valence-corrected chi connectivity index (χ1v) is 8.44. The monoisotopic (exact) mass is 355 g/mol. The first-order valence-electron chi connectivity index (χ1n) is 8.44. The van der Waals surface area contributed by atoms with Crippen LogP contribution in [0.25, 0.3) is 0 Å². The van der Waals surface area contributed by atoms with Gasteiger partial charge in [0.2, 0.25) is 12.0 Å². The number of hydrogen-bond acceptors (Lipinski definition) is 5. The lowest BCUT2D eigenvalue weighted by atomic mass is 10.2. The smallest absolute Gasteiger partial charge is 0.349 e. The van der Waals surface area contributed by atoms with Crippen LogP contribution in [0.5, 0.6) is 11.5 Å². The molecule has 0 saturated carbocycles. The molecule has 6 nitrogen and oxygen atoms in total. The molecular weight excluding hydrogens is 334 g/mol. The van der Waals surface area contributed by atoms with Gasteiger partial charge in [-0.05, 0) is 31.2 Å². The van der Waals surface area contributed by atoms with E-state index in [1.54, 1.807) is 18.2 Å². The van der Waals surface area contributed by atoms with Gasteiger partial charge in [0.25, 0.3) is 0 Å². The van der Waals surface area contributed by atoms with Gasteiger partial charge >= 0.3 is 5.97 Å². The fourth-order valence-electron chi connectivity index (χ4n) is 2.68. The van der Waals surface area contributed by atoms with Gasteiger partial charge in [0.15, 0.2) is 0 Å². The minimum absolute atomic E-state index is 0.105. The number of anilines is 1. The topological polar surface area (TPSA) is 65.1 Å². The van der Waals surface area contributed by atoms with Crippen molar-refractivity contribution in [3.8, 4) is 11.5 Å². The molecule has 0 unspecified atom stereocenters. The Morgan fingerprint density at radius 1 is 1.12 bits per heavy atom. The summed E-state index contributed by atoms with van der Waals surface area (Å²) in [6.45, 7) is 3.94. The summed E-state index contributed by atoms with van der Waals surface area (Å²) < 4.78 is 16.5. The van der Waals surface area contributed by atoms with Gasteiger partial charge in [0.05, 0.1) is 12.2 Å². The Morgan fingerprint density at radius 2 is 1.85 bits per heavy atom. The lowest BCUT2D eigenvalue weighted by Crippen LogP contribution is -2.47. The van der Waals surface area contributed by atoms with E-state index in [0.29, 0.717) is 11.4 Å². The van der Waals surface area contributed by atoms with Crippen LogP contribution in [0.4, 0.5) is 5.69 Å². The SMILES string of the molecule is CC(=O)N1C[C@@H](C(=O)OCCOc2ccc(C)cc2)Oc2ccccc21. The van der Waals surface area contributed by atoms with Crippen LogP contribution in [0, 0.1) is 6.92 Å². The Labute approximate surface area is 152 Å². The first kappa shape index (κ1) is 17.8. The number of esters is 1. The van der Waals surface area contributed by atoms with Crippen molar-refractivity contribution in [2.45, 2.75) is 20.0 Å². The number of ether oxygens (including phenoxy) is 3. The second-order valence-electron chi connectivity index (χ2n) is 6.03. The zero-order valence-electron chi connectivity index (χ0n) is 14.8. The minimum Gasteiger partial charge on any atom is -0.490 e. The molecule has 0 spiro atoms. The molecule has 1 aliphatic heterocycles. The number of carbonyl (C=O) groups excluding carboxylic acids is 2. The normalized spacial score (nSPS) is 15.6. The van der Waals surface area contributed by atoms with Crippen molar-refractivity contribution >= 4 is 17.6 Å². The van der Waals surface area contributed by atoms with E-state index in [4.69, 9.17) is 14.2 Å². The van der Waals surface area contributed by atoms with Crippen molar-refractivity contribution < 1.29 is 23.8 Å². The molecule has 2 aromatic carbocycles. The first-order chi connectivity index (χ1) is 12.5. The minimum atomic E-state index is -0.854. The lowest BCUT2D eigenvalue weighted by molar-refractivity contribution is -0.152. The highest BCUT2D eigenvalue weighted by Crippen LogP contribution is 2.33. The molecular formula is C20H21NO5. The number of benzene rings is 2. The maximum Gasteiger partial charge on any atom is 0.349 e. The number of carbonyl (C=O) groups is 2. The van der Waals surface area contributed by atoms with E-state index in [1.165, 1.54) is 11.8 Å². The number of nitrogens with zero attached hydrogens (tertiary/aromatic N) is 1. The Morgan fingerprint density at radius 3 is 2.58 bits per heavy atom. The van der Waals surface area contributed by atoms with Crippen LogP contribution in [0.1, 0.15) is 12.5 Å². The second-order valence-corrected chi connectivity index (χ2v) is 6.03. The van der Waals surface area contributed by atoms with Gasteiger partial charge in [-0.3, -0.25) is 4.79 Å². The molecule has 3 rings (SSSR count). The van der Waals surface area contributed by atoms with E-state index in [9.17, 15) is 9.59 Å². The van der Waals surface area contributed by atoms with Gasteiger partial charge < -0.3 is 19.1 Å². The zero-order chi connectivity index (χ0) is 18.5. The fraction of sp³-hybridized carbons (Fsp3) is 0.300. The van der Waals surface area contributed by atoms with Crippen LogP contribution < -0.4 is 14.4 Å². The van der Waals surface area contributed by atoms with Crippen LogP contribution in [0.2, 0.25) is 0 Å². The van der Waals surface area contributed by atoms with Gasteiger partial charge in [0.1, 0.15) is 24.7 Å². The van der Waals surface area contributed by atoms with E-state index in [-0.39, 0.29) is 25.7 Å². The van der Waals surface area contributed by atoms with Gasteiger partial charge in [-0.1, -0.05) is 29.8 Å². The molecule has 0 fully saturated rings. The summed E-state index contributed by atoms with van der Waals surface area (Å²) in [4.78, 5) is 25.7. The van der Waals surface area contributed by atoms with Crippen LogP contribution in [-0.4, -0.2) is 37.7 Å². The highest BCUT2D eigenvalue weighted by molar-refractivity contribution is 5.95. The molecule has 6 heteroatoms. The third kappa shape index (κ3) is 4.14. The van der Waals surface area contributed by atoms with Crippen LogP contribution in [-0.2, 0) is 14.3 Å². The summed E-state index contributed by atoms with van der Waals surface area (Å²) in [6, 6.07) is 14.8. The number of para-hydroxylation sites is 2. The molecule has 1 heterocycles. The van der Waals surface area contributed by atoms with E-state index in [2.05, 4.69) is 0 Å². The third-order valence-electron chi connectivity index (χ3n) is 4.03. The number of aryl methyl sites for hydroxylation is 1. The summed E-state index contributed by atoms with van der Waals surface area (Å²) in [7, 11) is 0. The molecule has 0 bridgehead atoms. The van der Waals surface area contributed by atoms with Crippen molar-refractivity contribution in [2.24, 2.45) is 0 Å². The van der Waals surface area contributed by atoms with Gasteiger partial charge in [-0.25, -0.2) is 4.79 Å². The summed E-state index contributed by atoms with van der Waals surface area (Å²) in [6.07, 6.45) is -0.854. The molecule has 1 amide bonds. The predicted octanol–water partition coefficient (Wildman–Crippen LogP) is 2.73. The standard InChI is InChI=1S/C20H21NO5/c1-14-7-9-16(10-8-14)24-11-12-25-20(23)19-13-21(15(2)22)17-5-3-4-6-18(17)26-19/h3-10,19H,11-13H2,1-2H3/t19-/m0/s1. The van der Waals surface area contributed by atoms with Crippen molar-refractivity contribution in [1.82, 2.24) is 0 Å². The molecule has 2 aromatic rings. The predicted molar refractivity (Wildman–Crippen MR) is 96.5 cm³/mol. The summed E-state index contributed by atoms with van der Waals surface area (Å²) in [5.41, 5.74) is 1.81. The molecule has 0 aromatic heterocycles. The van der Waals surface area contributed by atoms with E-state index >= 15 is 0 Å². The molecule has 1 aliphatic rings. The fourth-order valence-corrected chi connectivity index (χ4v) is 2.68. The lowest BCUT2D eigenvalue weighted by Gasteiger charge is -2.33. The van der Waals surface area contributed by atoms with E-state index < -0.39 is 12.1 Å². The van der Waals surface area contributed by atoms with Gasteiger partial charge in [0, 0.05) is 6.92 Å². The Kier molecular flexibility index (Phi) is 5.41. The van der Waals surface area contributed by atoms with Gasteiger partial charge in [-0.2, -0.15) is 0 Å². The molecule has 1 atom stereocenters. The number of hydrogen-bond donors (Lipinski definition) is 0. The summed E-state index contributed by atoms with van der Waals surface area (Å²) >= 11 is 0. The number of amides is 1. The second kappa shape index (κ2) is 7.91. The van der Waals surface area contributed by atoms with Crippen LogP contribution >= 0.6 is 0 Å². The van der Waals surface area contributed by atoms with Crippen molar-refractivity contribution in [2.75, 3.05) is 24.7 Å². The average molecular weight is 355 g/mol. The van der Waals surface area contributed by atoms with Gasteiger partial charge in [-0.15, -0.1) is 0 Å². The molecule has 0 N–H and O–H groups in total. The largest absolute Gasteiger partial charge is 0.490 e. The Bertz CT molecular complexity index is 787. The highest BCUT2D eigenvalue weighted by atomic mass is 16.6. The van der Waals surface area contributed by atoms with Crippen molar-refractivity contribution in [3.63, 3.8) is 0 Å². The number of fused-ring (bicyclic) bond motifs is 1. The maximum absolute atomic E-state index is 12.3. The quantitative estimate of drug-likeness (QED) is 0.609. The molecule has 0 saturated heterocycles. The maximum atomic E-state index is 12.3. The molecule has 0 radical (unpaired) electrons. The summed E-state index contributed by atoms with van der Waals surface area (Å²) in [5, 5.41) is 0. The highest BCUT2D eigenvalue weighted by Gasteiger charge is 2.33. The van der Waals surface area contributed by atoms with Crippen LogP contribution in [0.15, 0.2) is 48.5 Å². The average Bonchev–Trinajstić information content (AvgIpc) is 2.65. The van der Waals surface area contributed by atoms with Crippen molar-refractivity contribution in [3.05, 3.63) is 54.1 Å². The summed E-state index contributed by atoms with van der Waals surface area (Å²) in [5.74, 6) is 0.545. The van der Waals surface area contributed by atoms with Crippen LogP contribution in [0.3, 0.4) is 0 Å². The zero-order valence-corrected chi connectivity index (χ0v) is 14.8. The molecule has 26 heavy (non-hydrogen) atoms. The van der Waals surface area contributed by atoms with Crippen molar-refractivity contribution in [1.29, 1.82) is 0 Å². The molecule has 136 valence electrons.